The first-order valence-electron chi connectivity index (χ1n) is 9.09. The maximum Gasteiger partial charge on any atom is 0.257 e. The number of ether oxygens (including phenoxy) is 2. The second kappa shape index (κ2) is 7.80. The van der Waals surface area contributed by atoms with Gasteiger partial charge in [0.05, 0.1) is 20.8 Å². The number of benzene rings is 2. The van der Waals surface area contributed by atoms with E-state index in [1.165, 1.54) is 5.56 Å². The number of para-hydroxylation sites is 1. The lowest BCUT2D eigenvalue weighted by molar-refractivity contribution is 0.307. The lowest BCUT2D eigenvalue weighted by Gasteiger charge is -2.18. The highest BCUT2D eigenvalue weighted by molar-refractivity contribution is 5.52. The first-order chi connectivity index (χ1) is 13.3. The van der Waals surface area contributed by atoms with Crippen molar-refractivity contribution in [2.75, 3.05) is 27.3 Å². The van der Waals surface area contributed by atoms with Crippen LogP contribution in [0.25, 0.3) is 11.5 Å². The first-order valence-corrected chi connectivity index (χ1v) is 9.09. The zero-order valence-corrected chi connectivity index (χ0v) is 15.6. The molecule has 0 spiro atoms. The molecule has 2 aromatic carbocycles. The molecule has 1 atom stereocenters. The first kappa shape index (κ1) is 17.5. The van der Waals surface area contributed by atoms with Gasteiger partial charge in [-0.3, -0.25) is 4.90 Å². The van der Waals surface area contributed by atoms with Crippen LogP contribution in [0.3, 0.4) is 0 Å². The van der Waals surface area contributed by atoms with Gasteiger partial charge in [-0.05, 0) is 31.2 Å². The summed E-state index contributed by atoms with van der Waals surface area (Å²) in [5.74, 6) is 3.29. The summed E-state index contributed by atoms with van der Waals surface area (Å²) < 4.78 is 16.5. The van der Waals surface area contributed by atoms with Crippen LogP contribution in [0, 0.1) is 0 Å². The maximum atomic E-state index is 5.60. The predicted octanol–water partition coefficient (Wildman–Crippen LogP) is 3.74. The summed E-state index contributed by atoms with van der Waals surface area (Å²) in [5.41, 5.74) is 2.13. The van der Waals surface area contributed by atoms with Crippen LogP contribution in [0.1, 0.15) is 23.7 Å². The minimum atomic E-state index is 0.399. The Morgan fingerprint density at radius 2 is 1.93 bits per heavy atom. The molecule has 6 nitrogen and oxygen atoms in total. The van der Waals surface area contributed by atoms with E-state index in [0.717, 1.165) is 36.6 Å². The third kappa shape index (κ3) is 3.66. The van der Waals surface area contributed by atoms with Gasteiger partial charge in [0, 0.05) is 23.6 Å². The monoisotopic (exact) mass is 365 g/mol. The van der Waals surface area contributed by atoms with Gasteiger partial charge in [-0.2, -0.15) is 4.98 Å². The molecule has 6 heteroatoms. The van der Waals surface area contributed by atoms with Crippen molar-refractivity contribution >= 4 is 0 Å². The summed E-state index contributed by atoms with van der Waals surface area (Å²) in [7, 11) is 3.36. The van der Waals surface area contributed by atoms with Gasteiger partial charge >= 0.3 is 0 Å². The van der Waals surface area contributed by atoms with E-state index in [4.69, 9.17) is 14.0 Å². The smallest absolute Gasteiger partial charge is 0.257 e. The number of hydrogen-bond donors (Lipinski definition) is 0. The molecule has 0 radical (unpaired) electrons. The lowest BCUT2D eigenvalue weighted by Crippen LogP contribution is -2.20. The van der Waals surface area contributed by atoms with E-state index >= 15 is 0 Å². The average Bonchev–Trinajstić information content (AvgIpc) is 3.38. The van der Waals surface area contributed by atoms with Crippen LogP contribution in [0.15, 0.2) is 53.1 Å². The fourth-order valence-electron chi connectivity index (χ4n) is 3.68. The van der Waals surface area contributed by atoms with Crippen LogP contribution in [-0.4, -0.2) is 42.3 Å². The number of aromatic nitrogens is 2. The van der Waals surface area contributed by atoms with Gasteiger partial charge < -0.3 is 14.0 Å². The molecule has 2 heterocycles. The largest absolute Gasteiger partial charge is 0.493 e. The molecule has 0 saturated carbocycles. The van der Waals surface area contributed by atoms with E-state index in [-0.39, 0.29) is 0 Å². The summed E-state index contributed by atoms with van der Waals surface area (Å²) in [6.45, 7) is 2.60. The topological polar surface area (TPSA) is 60.6 Å². The van der Waals surface area contributed by atoms with Gasteiger partial charge in [0.15, 0.2) is 17.3 Å². The second-order valence-corrected chi connectivity index (χ2v) is 6.69. The third-order valence-corrected chi connectivity index (χ3v) is 5.00. The minimum Gasteiger partial charge on any atom is -0.493 e. The molecule has 0 bridgehead atoms. The van der Waals surface area contributed by atoms with Crippen LogP contribution in [0.5, 0.6) is 11.5 Å². The Morgan fingerprint density at radius 1 is 1.07 bits per heavy atom. The summed E-state index contributed by atoms with van der Waals surface area (Å²) in [4.78, 5) is 6.89. The van der Waals surface area contributed by atoms with Gasteiger partial charge in [0.2, 0.25) is 0 Å². The van der Waals surface area contributed by atoms with E-state index in [1.807, 2.05) is 42.5 Å². The fraction of sp³-hybridized carbons (Fsp3) is 0.333. The molecule has 1 fully saturated rings. The van der Waals surface area contributed by atoms with Crippen molar-refractivity contribution in [2.45, 2.75) is 18.9 Å². The van der Waals surface area contributed by atoms with Crippen LogP contribution in [0.4, 0.5) is 0 Å². The Kier molecular flexibility index (Phi) is 5.07. The molecule has 3 aromatic rings. The summed E-state index contributed by atoms with van der Waals surface area (Å²) in [5, 5.41) is 4.14. The Bertz CT molecular complexity index is 895. The van der Waals surface area contributed by atoms with Crippen LogP contribution < -0.4 is 9.47 Å². The SMILES string of the molecule is COc1cccc(C2CCN(Cc3noc(-c4ccccc4)n3)C2)c1OC. The Labute approximate surface area is 158 Å². The fourth-order valence-corrected chi connectivity index (χ4v) is 3.68. The molecule has 1 unspecified atom stereocenters. The summed E-state index contributed by atoms with van der Waals surface area (Å²) in [6.07, 6.45) is 1.06. The van der Waals surface area contributed by atoms with Crippen LogP contribution in [0.2, 0.25) is 0 Å². The van der Waals surface area contributed by atoms with Crippen LogP contribution in [-0.2, 0) is 6.54 Å². The van der Waals surface area contributed by atoms with Gasteiger partial charge in [-0.15, -0.1) is 0 Å². The van der Waals surface area contributed by atoms with Gasteiger partial charge in [0.25, 0.3) is 5.89 Å². The number of nitrogens with zero attached hydrogens (tertiary/aromatic N) is 3. The minimum absolute atomic E-state index is 0.399. The predicted molar refractivity (Wildman–Crippen MR) is 102 cm³/mol. The molecule has 1 aliphatic heterocycles. The maximum absolute atomic E-state index is 5.60. The summed E-state index contributed by atoms with van der Waals surface area (Å²) in [6, 6.07) is 15.9. The average molecular weight is 365 g/mol. The van der Waals surface area contributed by atoms with Gasteiger partial charge in [-0.25, -0.2) is 0 Å². The molecule has 1 aliphatic rings. The highest BCUT2D eigenvalue weighted by Crippen LogP contribution is 2.39. The van der Waals surface area contributed by atoms with Crippen molar-refractivity contribution in [1.29, 1.82) is 0 Å². The molecule has 4 rings (SSSR count). The Balaban J connectivity index is 1.44. The molecule has 1 saturated heterocycles. The highest BCUT2D eigenvalue weighted by Gasteiger charge is 2.28. The van der Waals surface area contributed by atoms with Gasteiger partial charge in [-0.1, -0.05) is 35.5 Å². The number of rotatable bonds is 6. The Morgan fingerprint density at radius 3 is 2.70 bits per heavy atom. The number of hydrogen-bond acceptors (Lipinski definition) is 6. The molecule has 1 aromatic heterocycles. The van der Waals surface area contributed by atoms with Crippen molar-refractivity contribution in [3.05, 3.63) is 59.9 Å². The van der Waals surface area contributed by atoms with E-state index in [1.54, 1.807) is 14.2 Å². The van der Waals surface area contributed by atoms with E-state index in [2.05, 4.69) is 21.1 Å². The zero-order valence-electron chi connectivity index (χ0n) is 15.6. The molecule has 0 N–H and O–H groups in total. The van der Waals surface area contributed by atoms with Crippen molar-refractivity contribution < 1.29 is 14.0 Å². The van der Waals surface area contributed by atoms with E-state index in [9.17, 15) is 0 Å². The molecule has 140 valence electrons. The normalized spacial score (nSPS) is 17.2. The molecule has 0 aliphatic carbocycles. The van der Waals surface area contributed by atoms with E-state index in [0.29, 0.717) is 24.2 Å². The second-order valence-electron chi connectivity index (χ2n) is 6.69. The quantitative estimate of drug-likeness (QED) is 0.663. The van der Waals surface area contributed by atoms with Crippen molar-refractivity contribution in [2.24, 2.45) is 0 Å². The molecular weight excluding hydrogens is 342 g/mol. The number of likely N-dealkylation sites (tertiary alicyclic amines) is 1. The third-order valence-electron chi connectivity index (χ3n) is 5.00. The molecule has 0 amide bonds. The summed E-state index contributed by atoms with van der Waals surface area (Å²) >= 11 is 0. The van der Waals surface area contributed by atoms with Crippen LogP contribution >= 0.6 is 0 Å². The molecule has 27 heavy (non-hydrogen) atoms. The highest BCUT2D eigenvalue weighted by atomic mass is 16.5. The van der Waals surface area contributed by atoms with Crippen molar-refractivity contribution in [1.82, 2.24) is 15.0 Å². The van der Waals surface area contributed by atoms with E-state index < -0.39 is 0 Å². The van der Waals surface area contributed by atoms with Crippen molar-refractivity contribution in [3.8, 4) is 23.0 Å². The van der Waals surface area contributed by atoms with Crippen molar-refractivity contribution in [3.63, 3.8) is 0 Å². The Hall–Kier alpha value is -2.86. The lowest BCUT2D eigenvalue weighted by atomic mass is 9.97. The zero-order chi connectivity index (χ0) is 18.6. The van der Waals surface area contributed by atoms with Gasteiger partial charge in [0.1, 0.15) is 0 Å². The number of methoxy groups -OCH3 is 2. The molecular formula is C21H23N3O3. The standard InChI is InChI=1S/C21H23N3O3/c1-25-18-10-6-9-17(20(18)26-2)16-11-12-24(13-16)14-19-22-21(27-23-19)15-7-4-3-5-8-15/h3-10,16H,11-14H2,1-2H3.